The normalized spacial score (nSPS) is 24.8. The molecular weight excluding hydrogens is 218 g/mol. The molecule has 1 N–H and O–H groups in total. The number of carbonyl (C=O) groups is 1. The molecule has 2 atom stereocenters. The average molecular weight is 231 g/mol. The van der Waals surface area contributed by atoms with Crippen LogP contribution in [0.4, 0.5) is 0 Å². The van der Waals surface area contributed by atoms with Crippen molar-refractivity contribution in [1.82, 2.24) is 5.32 Å². The van der Waals surface area contributed by atoms with Gasteiger partial charge in [0.2, 0.25) is 5.91 Å². The molecule has 1 aliphatic heterocycles. The van der Waals surface area contributed by atoms with Gasteiger partial charge < -0.3 is 14.8 Å². The molecule has 1 amide bonds. The van der Waals surface area contributed by atoms with Crippen molar-refractivity contribution < 1.29 is 14.3 Å². The summed E-state index contributed by atoms with van der Waals surface area (Å²) in [6, 6.07) is 7.92. The van der Waals surface area contributed by atoms with Crippen LogP contribution in [0.2, 0.25) is 0 Å². The van der Waals surface area contributed by atoms with Crippen LogP contribution in [0.1, 0.15) is 5.56 Å². The summed E-state index contributed by atoms with van der Waals surface area (Å²) in [5, 5.41) is 2.77. The molecule has 4 nitrogen and oxygen atoms in total. The molecular formula is C13H13NO3. The van der Waals surface area contributed by atoms with Crippen molar-refractivity contribution in [1.29, 1.82) is 0 Å². The van der Waals surface area contributed by atoms with Crippen LogP contribution in [-0.4, -0.2) is 19.1 Å². The first-order chi connectivity index (χ1) is 8.28. The summed E-state index contributed by atoms with van der Waals surface area (Å²) >= 11 is 0. The molecule has 0 bridgehead atoms. The molecule has 1 aromatic rings. The molecule has 88 valence electrons. The van der Waals surface area contributed by atoms with E-state index in [1.54, 1.807) is 7.11 Å². The van der Waals surface area contributed by atoms with Crippen molar-refractivity contribution >= 4 is 5.91 Å². The van der Waals surface area contributed by atoms with E-state index in [-0.39, 0.29) is 17.9 Å². The van der Waals surface area contributed by atoms with Gasteiger partial charge >= 0.3 is 0 Å². The highest BCUT2D eigenvalue weighted by Gasteiger charge is 2.49. The van der Waals surface area contributed by atoms with E-state index < -0.39 is 0 Å². The molecule has 0 spiro atoms. The fraction of sp³-hybridized carbons (Fsp3) is 0.308. The van der Waals surface area contributed by atoms with Crippen LogP contribution >= 0.6 is 0 Å². The molecule has 2 aliphatic rings. The van der Waals surface area contributed by atoms with Gasteiger partial charge in [0.05, 0.1) is 13.2 Å². The van der Waals surface area contributed by atoms with Gasteiger partial charge in [-0.3, -0.25) is 4.79 Å². The summed E-state index contributed by atoms with van der Waals surface area (Å²) in [5.41, 5.74) is 1.04. The van der Waals surface area contributed by atoms with E-state index in [2.05, 4.69) is 5.32 Å². The summed E-state index contributed by atoms with van der Waals surface area (Å²) < 4.78 is 10.7. The Morgan fingerprint density at radius 2 is 2.29 bits per heavy atom. The van der Waals surface area contributed by atoms with E-state index in [1.165, 1.54) is 0 Å². The number of carbonyl (C=O) groups excluding carboxylic acids is 1. The van der Waals surface area contributed by atoms with Crippen LogP contribution in [0.15, 0.2) is 36.1 Å². The number of methoxy groups -OCH3 is 1. The Labute approximate surface area is 99.2 Å². The van der Waals surface area contributed by atoms with Crippen molar-refractivity contribution in [2.75, 3.05) is 7.11 Å². The Balaban J connectivity index is 1.61. The van der Waals surface area contributed by atoms with Crippen LogP contribution in [0, 0.1) is 5.92 Å². The Hall–Kier alpha value is -1.97. The van der Waals surface area contributed by atoms with Crippen LogP contribution < -0.4 is 10.1 Å². The second-order valence-corrected chi connectivity index (χ2v) is 4.22. The lowest BCUT2D eigenvalue weighted by Gasteiger charge is -2.43. The van der Waals surface area contributed by atoms with E-state index in [1.807, 2.05) is 30.3 Å². The molecule has 0 saturated carbocycles. The van der Waals surface area contributed by atoms with Crippen LogP contribution in [-0.2, 0) is 16.1 Å². The minimum atomic E-state index is -0.0411. The maximum absolute atomic E-state index is 11.2. The topological polar surface area (TPSA) is 47.6 Å². The number of fused-ring (bicyclic) bond motifs is 1. The van der Waals surface area contributed by atoms with Crippen LogP contribution in [0.25, 0.3) is 0 Å². The Bertz CT molecular complexity index is 495. The second kappa shape index (κ2) is 3.80. The maximum atomic E-state index is 11.2. The molecule has 0 aromatic heterocycles. The zero-order valence-corrected chi connectivity index (χ0v) is 9.47. The van der Waals surface area contributed by atoms with Gasteiger partial charge in [0.25, 0.3) is 0 Å². The number of amides is 1. The SMILES string of the molecule is COc1cccc(COC2=C[C@H]3NC(=O)[C@@H]23)c1. The molecule has 1 fully saturated rings. The van der Waals surface area contributed by atoms with E-state index in [0.717, 1.165) is 17.1 Å². The van der Waals surface area contributed by atoms with Crippen molar-refractivity contribution in [3.8, 4) is 5.75 Å². The highest BCUT2D eigenvalue weighted by atomic mass is 16.5. The number of hydrogen-bond donors (Lipinski definition) is 1. The lowest BCUT2D eigenvalue weighted by molar-refractivity contribution is -0.136. The number of β-lactam (4-membered cyclic amide) rings is 1. The van der Waals surface area contributed by atoms with Gasteiger partial charge in [0.15, 0.2) is 0 Å². The fourth-order valence-electron chi connectivity index (χ4n) is 2.08. The van der Waals surface area contributed by atoms with Gasteiger partial charge in [-0.1, -0.05) is 12.1 Å². The third-order valence-electron chi connectivity index (χ3n) is 3.14. The fourth-order valence-corrected chi connectivity index (χ4v) is 2.08. The van der Waals surface area contributed by atoms with Crippen LogP contribution in [0.3, 0.4) is 0 Å². The predicted molar refractivity (Wildman–Crippen MR) is 61.3 cm³/mol. The first kappa shape index (κ1) is 10.2. The molecule has 0 radical (unpaired) electrons. The van der Waals surface area contributed by atoms with Gasteiger partial charge in [-0.05, 0) is 23.8 Å². The molecule has 4 heteroatoms. The van der Waals surface area contributed by atoms with Gasteiger partial charge in [-0.25, -0.2) is 0 Å². The lowest BCUT2D eigenvalue weighted by atomic mass is 9.78. The average Bonchev–Trinajstić information content (AvgIpc) is 2.33. The Kier molecular flexibility index (Phi) is 2.28. The summed E-state index contributed by atoms with van der Waals surface area (Å²) in [6.07, 6.45) is 1.95. The Morgan fingerprint density at radius 3 is 3.00 bits per heavy atom. The molecule has 1 aromatic carbocycles. The molecule has 1 aliphatic carbocycles. The molecule has 1 heterocycles. The maximum Gasteiger partial charge on any atom is 0.233 e. The highest BCUT2D eigenvalue weighted by molar-refractivity contribution is 5.91. The number of hydrogen-bond acceptors (Lipinski definition) is 3. The van der Waals surface area contributed by atoms with E-state index in [9.17, 15) is 4.79 Å². The van der Waals surface area contributed by atoms with Gasteiger partial charge in [-0.2, -0.15) is 0 Å². The van der Waals surface area contributed by atoms with Gasteiger partial charge in [-0.15, -0.1) is 0 Å². The monoisotopic (exact) mass is 231 g/mol. The first-order valence-electron chi connectivity index (χ1n) is 5.56. The minimum absolute atomic E-state index is 0.0411. The minimum Gasteiger partial charge on any atom is -0.497 e. The highest BCUT2D eigenvalue weighted by Crippen LogP contribution is 2.35. The number of ether oxygens (including phenoxy) is 2. The second-order valence-electron chi connectivity index (χ2n) is 4.22. The van der Waals surface area contributed by atoms with Gasteiger partial charge in [0.1, 0.15) is 24.0 Å². The third kappa shape index (κ3) is 1.65. The van der Waals surface area contributed by atoms with Crippen molar-refractivity contribution in [3.05, 3.63) is 41.7 Å². The van der Waals surface area contributed by atoms with Crippen molar-refractivity contribution in [3.63, 3.8) is 0 Å². The first-order valence-corrected chi connectivity index (χ1v) is 5.56. The standard InChI is InChI=1S/C13H13NO3/c1-16-9-4-2-3-8(5-9)7-17-11-6-10-12(11)13(15)14-10/h2-6,10,12H,7H2,1H3,(H,14,15)/t10-,12-/m1/s1. The van der Waals surface area contributed by atoms with Crippen LogP contribution in [0.5, 0.6) is 5.75 Å². The zero-order chi connectivity index (χ0) is 11.8. The van der Waals surface area contributed by atoms with Gasteiger partial charge in [0, 0.05) is 0 Å². The summed E-state index contributed by atoms with van der Waals surface area (Å²) in [5.74, 6) is 1.63. The summed E-state index contributed by atoms with van der Waals surface area (Å²) in [6.45, 7) is 0.472. The largest absolute Gasteiger partial charge is 0.497 e. The van der Waals surface area contributed by atoms with Crippen molar-refractivity contribution in [2.45, 2.75) is 12.6 Å². The molecule has 1 saturated heterocycles. The number of benzene rings is 1. The summed E-state index contributed by atoms with van der Waals surface area (Å²) in [7, 11) is 1.64. The lowest BCUT2D eigenvalue weighted by Crippen LogP contribution is -2.63. The van der Waals surface area contributed by atoms with Crippen molar-refractivity contribution in [2.24, 2.45) is 5.92 Å². The Morgan fingerprint density at radius 1 is 1.41 bits per heavy atom. The number of rotatable bonds is 4. The third-order valence-corrected chi connectivity index (χ3v) is 3.14. The van der Waals surface area contributed by atoms with E-state index in [4.69, 9.17) is 9.47 Å². The van der Waals surface area contributed by atoms with E-state index in [0.29, 0.717) is 6.61 Å². The summed E-state index contributed by atoms with van der Waals surface area (Å²) in [4.78, 5) is 11.2. The quantitative estimate of drug-likeness (QED) is 0.793. The molecule has 3 rings (SSSR count). The van der Waals surface area contributed by atoms with E-state index >= 15 is 0 Å². The number of nitrogens with one attached hydrogen (secondary N) is 1. The zero-order valence-electron chi connectivity index (χ0n) is 9.47. The predicted octanol–water partition coefficient (Wildman–Crippen LogP) is 1.22. The molecule has 17 heavy (non-hydrogen) atoms. The smallest absolute Gasteiger partial charge is 0.233 e. The molecule has 0 unspecified atom stereocenters.